The van der Waals surface area contributed by atoms with Gasteiger partial charge in [0.1, 0.15) is 20.2 Å². The van der Waals surface area contributed by atoms with E-state index in [2.05, 4.69) is 90.6 Å². The lowest BCUT2D eigenvalue weighted by Crippen LogP contribution is -3.00. The largest absolute Gasteiger partial charge is 1.00 e. The highest BCUT2D eigenvalue weighted by Crippen LogP contribution is 2.64. The van der Waals surface area contributed by atoms with Gasteiger partial charge in [0, 0.05) is 5.56 Å². The summed E-state index contributed by atoms with van der Waals surface area (Å²) < 4.78 is 1.11. The maximum atomic E-state index is 13.6. The fourth-order valence-electron chi connectivity index (χ4n) is 4.11. The van der Waals surface area contributed by atoms with Crippen LogP contribution in [-0.4, -0.2) is 18.4 Å². The van der Waals surface area contributed by atoms with E-state index in [0.29, 0.717) is 5.56 Å². The first-order valence-electron chi connectivity index (χ1n) is 11.0. The van der Waals surface area contributed by atoms with Gasteiger partial charge in [-0.1, -0.05) is 72.8 Å². The van der Waals surface area contributed by atoms with Gasteiger partial charge in [0.2, 0.25) is 0 Å². The minimum Gasteiger partial charge on any atom is -1.00 e. The van der Waals surface area contributed by atoms with E-state index in [-0.39, 0.29) is 18.3 Å². The first-order chi connectivity index (χ1) is 16.7. The minimum atomic E-state index is -2.42. The lowest BCUT2D eigenvalue weighted by atomic mass is 10.2. The van der Waals surface area contributed by atoms with Crippen molar-refractivity contribution < 1.29 is 17.2 Å². The molecule has 0 spiro atoms. The minimum absolute atomic E-state index is 0. The summed E-state index contributed by atoms with van der Waals surface area (Å²) in [5.74, 6) is -0.0941. The van der Waals surface area contributed by atoms with E-state index in [0.717, 1.165) is 9.68 Å². The zero-order valence-electron chi connectivity index (χ0n) is 19.6. The van der Waals surface area contributed by atoms with E-state index < -0.39 is 7.26 Å². The summed E-state index contributed by atoms with van der Waals surface area (Å²) in [5, 5.41) is 7.03. The van der Waals surface area contributed by atoms with E-state index in [1.807, 2.05) is 48.5 Å². The van der Waals surface area contributed by atoms with Gasteiger partial charge in [-0.25, -0.2) is 0 Å². The van der Waals surface area contributed by atoms with Crippen LogP contribution in [0.3, 0.4) is 0 Å². The number of hydrogen-bond donors (Lipinski definition) is 1. The lowest BCUT2D eigenvalue weighted by molar-refractivity contribution is -0.0000148. The molecule has 1 amide bonds. The van der Waals surface area contributed by atoms with Crippen LogP contribution < -0.4 is 33.6 Å². The predicted molar refractivity (Wildman–Crippen MR) is 153 cm³/mol. The van der Waals surface area contributed by atoms with E-state index in [9.17, 15) is 4.79 Å². The molecule has 4 rings (SSSR count). The first kappa shape index (κ1) is 27.1. The molecule has 0 aliphatic rings. The third kappa shape index (κ3) is 5.68. The smallest absolute Gasteiger partial charge is 0.258 e. The topological polar surface area (TPSA) is 29.1 Å². The Morgan fingerprint density at radius 3 is 1.29 bits per heavy atom. The van der Waals surface area contributed by atoms with Crippen LogP contribution in [0, 0.1) is 0 Å². The summed E-state index contributed by atoms with van der Waals surface area (Å²) in [4.78, 5) is 13.6. The van der Waals surface area contributed by atoms with Gasteiger partial charge in [0.05, 0.1) is 0 Å². The molecular weight excluding hydrogens is 509 g/mol. The zero-order valence-corrected chi connectivity index (χ0v) is 22.9. The number of rotatable bonds is 8. The Morgan fingerprint density at radius 2 is 0.943 bits per heavy atom. The highest BCUT2D eigenvalue weighted by Gasteiger charge is 2.52. The van der Waals surface area contributed by atoms with Gasteiger partial charge >= 0.3 is 0 Å². The number of carbonyl (C=O) groups excluding carboxylic acids is 1. The number of hydrogen-bond acceptors (Lipinski definition) is 3. The summed E-state index contributed by atoms with van der Waals surface area (Å²) in [6.07, 6.45) is 4.16. The van der Waals surface area contributed by atoms with Crippen molar-refractivity contribution in [2.75, 3.05) is 12.5 Å². The third-order valence-electron chi connectivity index (χ3n) is 5.60. The monoisotopic (exact) mass is 535 g/mol. The second kappa shape index (κ2) is 13.0. The molecule has 0 aliphatic heterocycles. The Hall–Kier alpha value is -2.49. The molecule has 178 valence electrons. The molecule has 35 heavy (non-hydrogen) atoms. The van der Waals surface area contributed by atoms with Crippen molar-refractivity contribution in [3.8, 4) is 0 Å². The van der Waals surface area contributed by atoms with E-state index >= 15 is 0 Å². The number of nitrogens with one attached hydrogen (secondary N) is 1. The molecule has 0 aliphatic carbocycles. The number of halogens is 1. The lowest BCUT2D eigenvalue weighted by Gasteiger charge is -2.30. The number of benzene rings is 4. The van der Waals surface area contributed by atoms with Gasteiger partial charge in [-0.05, 0) is 61.0 Å². The van der Waals surface area contributed by atoms with Gasteiger partial charge in [-0.2, -0.15) is 0 Å². The number of amides is 1. The van der Waals surface area contributed by atoms with Gasteiger partial charge in [-0.3, -0.25) is 10.1 Å². The van der Waals surface area contributed by atoms with E-state index in [1.165, 1.54) is 15.9 Å². The Kier molecular flexibility index (Phi) is 10.1. The normalized spacial score (nSPS) is 10.7. The summed E-state index contributed by atoms with van der Waals surface area (Å²) in [6, 6.07) is 41.3. The second-order valence-electron chi connectivity index (χ2n) is 7.54. The number of carbonyl (C=O) groups is 1. The first-order valence-corrected chi connectivity index (χ1v) is 15.2. The van der Waals surface area contributed by atoms with Crippen LogP contribution in [0.15, 0.2) is 131 Å². The Bertz CT molecular complexity index is 1150. The van der Waals surface area contributed by atoms with Gasteiger partial charge in [0.15, 0.2) is 12.7 Å². The molecule has 0 bridgehead atoms. The van der Waals surface area contributed by atoms with Crippen LogP contribution in [0.2, 0.25) is 0 Å². The number of thioether (sulfide) groups is 2. The van der Waals surface area contributed by atoms with Crippen LogP contribution in [0.25, 0.3) is 0 Å². The van der Waals surface area contributed by atoms with Crippen molar-refractivity contribution in [1.82, 2.24) is 5.32 Å². The molecule has 0 unspecified atom stereocenters. The molecule has 0 radical (unpaired) electrons. The average Bonchev–Trinajstić information content (AvgIpc) is 2.92. The molecule has 0 fully saturated rings. The van der Waals surface area contributed by atoms with Crippen LogP contribution in [0.5, 0.6) is 0 Å². The van der Waals surface area contributed by atoms with E-state index in [4.69, 9.17) is 0 Å². The molecule has 0 atom stereocenters. The fourth-order valence-corrected chi connectivity index (χ4v) is 10.7. The van der Waals surface area contributed by atoms with Crippen molar-refractivity contribution in [3.63, 3.8) is 0 Å². The van der Waals surface area contributed by atoms with Gasteiger partial charge in [-0.15, -0.1) is 23.5 Å². The molecular formula is C29H27ClNOPS2. The summed E-state index contributed by atoms with van der Waals surface area (Å²) in [7, 11) is -2.42. The highest BCUT2D eigenvalue weighted by atomic mass is 35.5. The Morgan fingerprint density at radius 1 is 0.600 bits per heavy atom. The molecule has 4 aromatic rings. The van der Waals surface area contributed by atoms with Crippen molar-refractivity contribution in [1.29, 1.82) is 0 Å². The van der Waals surface area contributed by atoms with Gasteiger partial charge in [0.25, 0.3) is 5.91 Å². The summed E-state index contributed by atoms with van der Waals surface area (Å²) in [6.45, 7) is 0. The van der Waals surface area contributed by atoms with Crippen LogP contribution in [-0.2, 0) is 0 Å². The average molecular weight is 536 g/mol. The molecule has 0 saturated carbocycles. The maximum Gasteiger partial charge on any atom is 0.258 e. The van der Waals surface area contributed by atoms with Crippen molar-refractivity contribution in [2.24, 2.45) is 0 Å². The third-order valence-corrected chi connectivity index (χ3v) is 12.3. The molecule has 0 saturated heterocycles. The zero-order chi connectivity index (χ0) is 23.8. The predicted octanol–water partition coefficient (Wildman–Crippen LogP) is 3.27. The molecule has 4 aromatic carbocycles. The van der Waals surface area contributed by atoms with Crippen molar-refractivity contribution in [2.45, 2.75) is 0 Å². The Balaban J connectivity index is 0.00000342. The van der Waals surface area contributed by atoms with Crippen LogP contribution in [0.4, 0.5) is 0 Å². The molecule has 2 nitrogen and oxygen atoms in total. The Labute approximate surface area is 223 Å². The molecule has 6 heteroatoms. The molecule has 1 N–H and O–H groups in total. The van der Waals surface area contributed by atoms with Gasteiger partial charge < -0.3 is 12.4 Å². The van der Waals surface area contributed by atoms with Crippen molar-refractivity contribution >= 4 is 52.6 Å². The second-order valence-corrected chi connectivity index (χ2v) is 12.8. The summed E-state index contributed by atoms with van der Waals surface area (Å²) >= 11 is 3.36. The summed E-state index contributed by atoms with van der Waals surface area (Å²) in [5.41, 5.74) is 1.62. The highest BCUT2D eigenvalue weighted by molar-refractivity contribution is 8.22. The van der Waals surface area contributed by atoms with Crippen LogP contribution in [0.1, 0.15) is 10.4 Å². The molecule has 0 aromatic heterocycles. The fraction of sp³-hybridized carbons (Fsp3) is 0.0690. The van der Waals surface area contributed by atoms with Crippen LogP contribution >= 0.6 is 30.8 Å². The van der Waals surface area contributed by atoms with Crippen molar-refractivity contribution in [3.05, 3.63) is 137 Å². The SMILES string of the molecule is CSC(SC)=C(NC(=O)c1ccccc1)[P+](c1ccccc1)(c1ccccc1)c1ccccc1.[Cl-]. The standard InChI is InChI=1S/C29H26NOPS2.ClH/c1-33-29(34-2)28(30-27(31)23-15-7-3-8-16-23)32(24-17-9-4-10-18-24,25-19-11-5-12-20-25)26-21-13-6-14-22-26;/h3-22H,1-2H3;1H. The quantitative estimate of drug-likeness (QED) is 0.351. The molecule has 0 heterocycles. The van der Waals surface area contributed by atoms with E-state index in [1.54, 1.807) is 23.5 Å². The maximum absolute atomic E-state index is 13.6.